The van der Waals surface area contributed by atoms with E-state index >= 15 is 0 Å². The fourth-order valence-electron chi connectivity index (χ4n) is 10.6. The first-order chi connectivity index (χ1) is 35.3. The lowest BCUT2D eigenvalue weighted by Crippen LogP contribution is -2.60. The topological polar surface area (TPSA) is 149 Å². The summed E-state index contributed by atoms with van der Waals surface area (Å²) in [4.78, 5) is 13.1. The van der Waals surface area contributed by atoms with Crippen LogP contribution < -0.4 is 5.32 Å². The van der Waals surface area contributed by atoms with E-state index in [1.54, 1.807) is 0 Å². The molecule has 0 saturated carbocycles. The number of ether oxygens (including phenoxy) is 2. The molecule has 9 heteroatoms. The van der Waals surface area contributed by atoms with E-state index in [9.17, 15) is 30.3 Å². The molecule has 428 valence electrons. The van der Waals surface area contributed by atoms with E-state index in [1.165, 1.54) is 250 Å². The number of unbranched alkanes of at least 4 members (excludes halogenated alkanes) is 44. The molecular formula is C63H123NO8. The molecule has 0 aromatic rings. The molecule has 1 aliphatic rings. The van der Waals surface area contributed by atoms with Crippen molar-refractivity contribution in [1.82, 2.24) is 5.32 Å². The van der Waals surface area contributed by atoms with Crippen molar-refractivity contribution < 1.29 is 39.8 Å². The molecule has 6 N–H and O–H groups in total. The van der Waals surface area contributed by atoms with Crippen LogP contribution in [0.4, 0.5) is 0 Å². The highest BCUT2D eigenvalue weighted by Crippen LogP contribution is 2.24. The van der Waals surface area contributed by atoms with Crippen molar-refractivity contribution in [3.05, 3.63) is 12.2 Å². The van der Waals surface area contributed by atoms with Gasteiger partial charge in [-0.2, -0.15) is 0 Å². The molecule has 0 aromatic carbocycles. The SMILES string of the molecule is CCCCCCCCC/C=C\CCCCCCCC(=O)NC(COC1OC(CO)C(O)C(O)C1O)C(O)CCCCCCCCCCCCCCCCCCCCCCCCCCCCCCCCCCC. The predicted octanol–water partition coefficient (Wildman–Crippen LogP) is 16.4. The van der Waals surface area contributed by atoms with Crippen LogP contribution in [0.1, 0.15) is 328 Å². The minimum absolute atomic E-state index is 0.137. The zero-order valence-corrected chi connectivity index (χ0v) is 47.7. The van der Waals surface area contributed by atoms with Gasteiger partial charge in [-0.3, -0.25) is 4.79 Å². The Morgan fingerprint density at radius 3 is 1.12 bits per heavy atom. The van der Waals surface area contributed by atoms with E-state index in [-0.39, 0.29) is 12.5 Å². The minimum Gasteiger partial charge on any atom is -0.394 e. The molecule has 72 heavy (non-hydrogen) atoms. The number of allylic oxidation sites excluding steroid dienone is 2. The maximum atomic E-state index is 13.1. The van der Waals surface area contributed by atoms with Gasteiger partial charge in [0.15, 0.2) is 6.29 Å². The highest BCUT2D eigenvalue weighted by atomic mass is 16.7. The van der Waals surface area contributed by atoms with Crippen molar-refractivity contribution in [2.75, 3.05) is 13.2 Å². The number of aliphatic hydroxyl groups is 5. The van der Waals surface area contributed by atoms with Gasteiger partial charge in [0.25, 0.3) is 0 Å². The fraction of sp³-hybridized carbons (Fsp3) is 0.952. The van der Waals surface area contributed by atoms with Crippen LogP contribution in [0.15, 0.2) is 12.2 Å². The maximum absolute atomic E-state index is 13.1. The number of carbonyl (C=O) groups excluding carboxylic acids is 1. The summed E-state index contributed by atoms with van der Waals surface area (Å²) in [7, 11) is 0. The van der Waals surface area contributed by atoms with E-state index in [0.29, 0.717) is 12.8 Å². The summed E-state index contributed by atoms with van der Waals surface area (Å²) >= 11 is 0. The van der Waals surface area contributed by atoms with Gasteiger partial charge in [0, 0.05) is 6.42 Å². The maximum Gasteiger partial charge on any atom is 0.220 e. The molecule has 1 fully saturated rings. The largest absolute Gasteiger partial charge is 0.394 e. The monoisotopic (exact) mass is 1020 g/mol. The van der Waals surface area contributed by atoms with Gasteiger partial charge < -0.3 is 40.3 Å². The Balaban J connectivity index is 2.09. The summed E-state index contributed by atoms with van der Waals surface area (Å²) in [5, 5.41) is 54.7. The molecule has 9 nitrogen and oxygen atoms in total. The average molecular weight is 1020 g/mol. The molecule has 0 radical (unpaired) electrons. The summed E-state index contributed by atoms with van der Waals surface area (Å²) < 4.78 is 11.3. The predicted molar refractivity (Wildman–Crippen MR) is 304 cm³/mol. The lowest BCUT2D eigenvalue weighted by molar-refractivity contribution is -0.302. The van der Waals surface area contributed by atoms with Crippen molar-refractivity contribution in [3.8, 4) is 0 Å². The van der Waals surface area contributed by atoms with Gasteiger partial charge in [-0.25, -0.2) is 0 Å². The smallest absolute Gasteiger partial charge is 0.220 e. The normalized spacial score (nSPS) is 19.1. The lowest BCUT2D eigenvalue weighted by atomic mass is 9.99. The molecule has 1 saturated heterocycles. The van der Waals surface area contributed by atoms with Crippen LogP contribution in [0.3, 0.4) is 0 Å². The first kappa shape index (κ1) is 68.9. The van der Waals surface area contributed by atoms with Gasteiger partial charge in [0.05, 0.1) is 25.4 Å². The molecular weight excluding hydrogens is 899 g/mol. The number of rotatable bonds is 56. The van der Waals surface area contributed by atoms with E-state index in [4.69, 9.17) is 9.47 Å². The molecule has 7 unspecified atom stereocenters. The number of nitrogens with one attached hydrogen (secondary N) is 1. The van der Waals surface area contributed by atoms with Crippen LogP contribution in [-0.4, -0.2) is 87.5 Å². The molecule has 0 aromatic heterocycles. The van der Waals surface area contributed by atoms with Gasteiger partial charge in [-0.15, -0.1) is 0 Å². The first-order valence-electron chi connectivity index (χ1n) is 31.9. The molecule has 1 rings (SSSR count). The van der Waals surface area contributed by atoms with E-state index < -0.39 is 49.5 Å². The van der Waals surface area contributed by atoms with Gasteiger partial charge in [0.1, 0.15) is 24.4 Å². The van der Waals surface area contributed by atoms with Crippen molar-refractivity contribution in [2.24, 2.45) is 0 Å². The Morgan fingerprint density at radius 1 is 0.458 bits per heavy atom. The zero-order chi connectivity index (χ0) is 52.2. The Hall–Kier alpha value is -1.07. The van der Waals surface area contributed by atoms with E-state index in [2.05, 4.69) is 31.3 Å². The number of carbonyl (C=O) groups is 1. The summed E-state index contributed by atoms with van der Waals surface area (Å²) in [5.41, 5.74) is 0. The van der Waals surface area contributed by atoms with Crippen LogP contribution in [0.5, 0.6) is 0 Å². The van der Waals surface area contributed by atoms with Crippen LogP contribution in [0.25, 0.3) is 0 Å². The van der Waals surface area contributed by atoms with E-state index in [1.807, 2.05) is 0 Å². The average Bonchev–Trinajstić information content (AvgIpc) is 3.38. The Labute approximate surface area is 446 Å². The van der Waals surface area contributed by atoms with Gasteiger partial charge in [-0.05, 0) is 38.5 Å². The number of hydrogen-bond acceptors (Lipinski definition) is 8. The highest BCUT2D eigenvalue weighted by molar-refractivity contribution is 5.76. The second kappa shape index (κ2) is 53.3. The highest BCUT2D eigenvalue weighted by Gasteiger charge is 2.44. The third kappa shape index (κ3) is 42.1. The van der Waals surface area contributed by atoms with E-state index in [0.717, 1.165) is 51.4 Å². The summed E-state index contributed by atoms with van der Waals surface area (Å²) in [6, 6.07) is -0.721. The fourth-order valence-corrected chi connectivity index (χ4v) is 10.6. The molecule has 0 bridgehead atoms. The Morgan fingerprint density at radius 2 is 0.778 bits per heavy atom. The minimum atomic E-state index is -1.55. The lowest BCUT2D eigenvalue weighted by Gasteiger charge is -2.40. The molecule has 7 atom stereocenters. The second-order valence-electron chi connectivity index (χ2n) is 22.6. The summed E-state index contributed by atoms with van der Waals surface area (Å²) in [6.07, 6.45) is 59.9. The second-order valence-corrected chi connectivity index (χ2v) is 22.6. The molecule has 1 aliphatic heterocycles. The van der Waals surface area contributed by atoms with Crippen molar-refractivity contribution >= 4 is 5.91 Å². The van der Waals surface area contributed by atoms with Crippen molar-refractivity contribution in [1.29, 1.82) is 0 Å². The molecule has 0 spiro atoms. The molecule has 1 amide bonds. The van der Waals surface area contributed by atoms with Gasteiger partial charge in [-0.1, -0.05) is 296 Å². The van der Waals surface area contributed by atoms with Crippen LogP contribution >= 0.6 is 0 Å². The zero-order valence-electron chi connectivity index (χ0n) is 47.7. The third-order valence-electron chi connectivity index (χ3n) is 15.6. The van der Waals surface area contributed by atoms with Crippen LogP contribution in [0, 0.1) is 0 Å². The number of hydrogen-bond donors (Lipinski definition) is 6. The third-order valence-corrected chi connectivity index (χ3v) is 15.6. The number of amides is 1. The van der Waals surface area contributed by atoms with Crippen molar-refractivity contribution in [2.45, 2.75) is 371 Å². The molecule has 0 aliphatic carbocycles. The summed E-state index contributed by atoms with van der Waals surface area (Å²) in [6.45, 7) is 3.87. The Bertz CT molecular complexity index is 1140. The van der Waals surface area contributed by atoms with Crippen molar-refractivity contribution in [3.63, 3.8) is 0 Å². The molecule has 1 heterocycles. The summed E-state index contributed by atoms with van der Waals surface area (Å²) in [5.74, 6) is -0.147. The quantitative estimate of drug-likeness (QED) is 0.0261. The first-order valence-corrected chi connectivity index (χ1v) is 31.9. The number of aliphatic hydroxyl groups excluding tert-OH is 5. The Kier molecular flexibility index (Phi) is 51.1. The van der Waals surface area contributed by atoms with Crippen LogP contribution in [0.2, 0.25) is 0 Å². The standard InChI is InChI=1S/C63H123NO8/c1-3-5-7-9-11-13-15-17-19-21-22-23-24-25-26-27-28-29-30-31-32-33-34-35-36-37-38-40-42-44-46-48-50-52-57(66)56(55-71-63-62(70)61(69)60(68)58(54-65)72-63)64-59(67)53-51-49-47-45-43-41-39-20-18-16-14-12-10-8-6-4-2/h20,39,56-58,60-63,65-66,68-70H,3-19,21-38,40-55H2,1-2H3,(H,64,67)/b39-20-. The van der Waals surface area contributed by atoms with Gasteiger partial charge in [0.2, 0.25) is 5.91 Å². The van der Waals surface area contributed by atoms with Gasteiger partial charge >= 0.3 is 0 Å². The van der Waals surface area contributed by atoms with Crippen LogP contribution in [-0.2, 0) is 14.3 Å².